The Morgan fingerprint density at radius 2 is 1.72 bits per heavy atom. The second kappa shape index (κ2) is 22.2. The van der Waals surface area contributed by atoms with Crippen LogP contribution in [0.3, 0.4) is 0 Å². The van der Waals surface area contributed by atoms with Crippen LogP contribution in [0.5, 0.6) is 5.75 Å². The Morgan fingerprint density at radius 1 is 1.03 bits per heavy atom. The zero-order valence-electron chi connectivity index (χ0n) is 38.4. The van der Waals surface area contributed by atoms with Gasteiger partial charge in [-0.2, -0.15) is 5.26 Å². The van der Waals surface area contributed by atoms with E-state index in [1.165, 1.54) is 40.5 Å². The fourth-order valence-corrected chi connectivity index (χ4v) is 8.81. The average molecular weight is 959 g/mol. The summed E-state index contributed by atoms with van der Waals surface area (Å²) in [6.07, 6.45) is 7.23. The number of carbonyl (C=O) groups excluding carboxylic acids is 4. The molecule has 0 radical (unpaired) electrons. The van der Waals surface area contributed by atoms with Gasteiger partial charge in [-0.15, -0.1) is 0 Å². The number of likely N-dealkylation sites (tertiary alicyclic amines) is 1. The molecule has 1 aromatic heterocycles. The molecule has 0 aliphatic carbocycles. The maximum Gasteiger partial charge on any atom is 0.259 e. The number of aliphatic hydroxyl groups is 1. The van der Waals surface area contributed by atoms with E-state index in [0.717, 1.165) is 43.2 Å². The number of oxazole rings is 1. The molecule has 6 rings (SSSR count). The molecule has 15 nitrogen and oxygen atoms in total. The van der Waals surface area contributed by atoms with Gasteiger partial charge in [-0.3, -0.25) is 24.1 Å². The van der Waals surface area contributed by atoms with Crippen LogP contribution in [-0.4, -0.2) is 93.8 Å². The van der Waals surface area contributed by atoms with E-state index in [9.17, 15) is 29.5 Å². The molecule has 3 aromatic carbocycles. The van der Waals surface area contributed by atoms with E-state index >= 15 is 4.39 Å². The molecular formula is C49H57ClFN7O8S. The largest absolute Gasteiger partial charge is 0.491 e. The molecule has 3 N–H and O–H groups in total. The number of rotatable bonds is 20. The Hall–Kier alpha value is -5.93. The molecule has 2 aliphatic rings. The van der Waals surface area contributed by atoms with Crippen molar-refractivity contribution in [3.05, 3.63) is 95.2 Å². The van der Waals surface area contributed by atoms with Gasteiger partial charge in [0.05, 0.1) is 35.2 Å². The average Bonchev–Trinajstić information content (AvgIpc) is 4.01. The van der Waals surface area contributed by atoms with E-state index in [-0.39, 0.29) is 53.5 Å². The van der Waals surface area contributed by atoms with Gasteiger partial charge < -0.3 is 39.4 Å². The minimum Gasteiger partial charge on any atom is -0.491 e. The Labute approximate surface area is 400 Å². The third kappa shape index (κ3) is 12.3. The molecule has 3 atom stereocenters. The highest BCUT2D eigenvalue weighted by molar-refractivity contribution is 7.81. The smallest absolute Gasteiger partial charge is 0.259 e. The van der Waals surface area contributed by atoms with Crippen LogP contribution >= 0.6 is 23.8 Å². The minimum atomic E-state index is -1.13. The van der Waals surface area contributed by atoms with Gasteiger partial charge in [0, 0.05) is 43.4 Å². The normalized spacial score (nSPS) is 17.4. The maximum atomic E-state index is 15.3. The van der Waals surface area contributed by atoms with Gasteiger partial charge in [0.1, 0.15) is 30.3 Å². The lowest BCUT2D eigenvalue weighted by atomic mass is 9.85. The monoisotopic (exact) mass is 957 g/mol. The molecule has 0 bridgehead atoms. The molecule has 356 valence electrons. The summed E-state index contributed by atoms with van der Waals surface area (Å²) < 4.78 is 32.0. The van der Waals surface area contributed by atoms with E-state index in [2.05, 4.69) is 15.6 Å². The lowest BCUT2D eigenvalue weighted by molar-refractivity contribution is -0.144. The number of benzene rings is 3. The Balaban J connectivity index is 0.866. The Morgan fingerprint density at radius 3 is 2.36 bits per heavy atom. The number of anilines is 2. The molecule has 0 saturated carbocycles. The number of unbranched alkanes of at least 4 members (excludes halogenated alkanes) is 5. The summed E-state index contributed by atoms with van der Waals surface area (Å²) in [7, 11) is 0. The SMILES string of the molecule is CC(C)(C)[C@H](NC(=O)COCCCCCCCCOc1ccc(N2C(=S)N(c3ccc(C#N)c(Cl)c3)C(=O)C2(C)C)cc1F)C(=O)N1C[C@H](O)C[C@H]1C(=O)NCc1ccc(-c2cnco2)cc1. The van der Waals surface area contributed by atoms with E-state index in [1.807, 2.05) is 51.1 Å². The number of nitriles is 1. The highest BCUT2D eigenvalue weighted by Crippen LogP contribution is 2.39. The zero-order valence-corrected chi connectivity index (χ0v) is 39.9. The van der Waals surface area contributed by atoms with Crippen LogP contribution in [0.15, 0.2) is 77.7 Å². The summed E-state index contributed by atoms with van der Waals surface area (Å²) in [5.41, 5.74) is 0.918. The number of β-amino-alcohol motifs (C(OH)–C–C–N with tert-alkyl or cyclic N) is 1. The minimum absolute atomic E-state index is 0.0276. The van der Waals surface area contributed by atoms with E-state index in [4.69, 9.17) is 37.7 Å². The Bertz CT molecular complexity index is 2460. The summed E-state index contributed by atoms with van der Waals surface area (Å²) in [4.78, 5) is 62.0. The van der Waals surface area contributed by atoms with Gasteiger partial charge in [-0.25, -0.2) is 9.37 Å². The first-order chi connectivity index (χ1) is 31.9. The number of hydrogen-bond donors (Lipinski definition) is 3. The molecule has 2 aliphatic heterocycles. The first-order valence-electron chi connectivity index (χ1n) is 22.3. The molecule has 67 heavy (non-hydrogen) atoms. The third-order valence-corrected chi connectivity index (χ3v) is 12.4. The van der Waals surface area contributed by atoms with Crippen LogP contribution in [0.2, 0.25) is 5.02 Å². The van der Waals surface area contributed by atoms with Gasteiger partial charge in [-0.05, 0) is 80.2 Å². The predicted octanol–water partition coefficient (Wildman–Crippen LogP) is 7.47. The van der Waals surface area contributed by atoms with E-state index in [1.54, 1.807) is 37.1 Å². The van der Waals surface area contributed by atoms with Crippen molar-refractivity contribution in [2.24, 2.45) is 5.41 Å². The van der Waals surface area contributed by atoms with Crippen molar-refractivity contribution in [3.63, 3.8) is 0 Å². The highest BCUT2D eigenvalue weighted by Gasteiger charge is 2.50. The lowest BCUT2D eigenvalue weighted by Gasteiger charge is -2.35. The van der Waals surface area contributed by atoms with Crippen LogP contribution < -0.4 is 25.2 Å². The number of aromatic nitrogens is 1. The molecule has 18 heteroatoms. The van der Waals surface area contributed by atoms with Crippen molar-refractivity contribution in [1.29, 1.82) is 5.26 Å². The Kier molecular flexibility index (Phi) is 16.8. The van der Waals surface area contributed by atoms with Crippen LogP contribution in [-0.2, 0) is 30.5 Å². The summed E-state index contributed by atoms with van der Waals surface area (Å²) in [6, 6.07) is 16.7. The first-order valence-corrected chi connectivity index (χ1v) is 23.1. The van der Waals surface area contributed by atoms with Crippen molar-refractivity contribution in [2.75, 3.05) is 36.2 Å². The summed E-state index contributed by atoms with van der Waals surface area (Å²) in [5, 5.41) is 25.8. The fraction of sp³-hybridized carbons (Fsp3) is 0.449. The standard InChI is InChI=1S/C49H57ClFN7O8S/c1-48(2,3)43(45(62)56-28-36(59)24-39(56)44(61)54-26-31-12-14-32(15-13-31)41-27-53-30-66-41)55-42(60)29-64-20-10-8-6-7-9-11-21-65-40-19-18-35(23-38(40)51)58-47(67)57(46(63)49(58,4)5)34-17-16-33(25-52)37(50)22-34/h12-19,22-23,27,30,36,39,43,59H,6-11,20-21,24,26,28-29H2,1-5H3,(H,54,61)(H,55,60)/t36-,39+,43-/m1/s1. The zero-order chi connectivity index (χ0) is 48.5. The molecule has 4 aromatic rings. The number of hydrogen-bond acceptors (Lipinski definition) is 11. The van der Waals surface area contributed by atoms with Crippen molar-refractivity contribution in [2.45, 2.75) is 110 Å². The topological polar surface area (TPSA) is 191 Å². The number of ether oxygens (including phenoxy) is 2. The lowest BCUT2D eigenvalue weighted by Crippen LogP contribution is -2.58. The fourth-order valence-electron chi connectivity index (χ4n) is 8.07. The van der Waals surface area contributed by atoms with Crippen LogP contribution in [0.25, 0.3) is 11.3 Å². The summed E-state index contributed by atoms with van der Waals surface area (Å²) in [5.74, 6) is -1.49. The third-order valence-electron chi connectivity index (χ3n) is 11.8. The van der Waals surface area contributed by atoms with Gasteiger partial charge in [-0.1, -0.05) is 82.3 Å². The van der Waals surface area contributed by atoms with E-state index in [0.29, 0.717) is 36.8 Å². The molecule has 2 saturated heterocycles. The molecule has 0 unspecified atom stereocenters. The second-order valence-corrected chi connectivity index (χ2v) is 19.0. The molecule has 3 heterocycles. The molecular weight excluding hydrogens is 901 g/mol. The quantitative estimate of drug-likeness (QED) is 0.0586. The molecule has 4 amide bonds. The number of thiocarbonyl (C=S) groups is 1. The van der Waals surface area contributed by atoms with Gasteiger partial charge in [0.2, 0.25) is 17.7 Å². The highest BCUT2D eigenvalue weighted by atomic mass is 35.5. The van der Waals surface area contributed by atoms with E-state index < -0.39 is 52.7 Å². The predicted molar refractivity (Wildman–Crippen MR) is 255 cm³/mol. The number of nitrogens with zero attached hydrogens (tertiary/aromatic N) is 5. The molecule has 2 fully saturated rings. The molecule has 0 spiro atoms. The summed E-state index contributed by atoms with van der Waals surface area (Å²) >= 11 is 11.9. The number of aliphatic hydroxyl groups excluding tert-OH is 1. The summed E-state index contributed by atoms with van der Waals surface area (Å²) in [6.45, 7) is 9.51. The van der Waals surface area contributed by atoms with Crippen molar-refractivity contribution < 1.29 is 42.6 Å². The van der Waals surface area contributed by atoms with Crippen molar-refractivity contribution in [3.8, 4) is 23.1 Å². The van der Waals surface area contributed by atoms with Crippen molar-refractivity contribution >= 4 is 63.9 Å². The van der Waals surface area contributed by atoms with Gasteiger partial charge in [0.25, 0.3) is 5.91 Å². The number of amides is 4. The van der Waals surface area contributed by atoms with Gasteiger partial charge >= 0.3 is 0 Å². The van der Waals surface area contributed by atoms with Crippen LogP contribution in [0.1, 0.15) is 90.7 Å². The van der Waals surface area contributed by atoms with Crippen molar-refractivity contribution in [1.82, 2.24) is 20.5 Å². The van der Waals surface area contributed by atoms with Crippen LogP contribution in [0, 0.1) is 22.6 Å². The number of halogens is 2. The first kappa shape index (κ1) is 50.5. The van der Waals surface area contributed by atoms with Gasteiger partial charge in [0.15, 0.2) is 28.8 Å². The van der Waals surface area contributed by atoms with Crippen LogP contribution in [0.4, 0.5) is 15.8 Å². The number of carbonyl (C=O) groups is 4. The number of nitrogens with one attached hydrogen (secondary N) is 2. The second-order valence-electron chi connectivity index (χ2n) is 18.3. The maximum absolute atomic E-state index is 15.3.